The first kappa shape index (κ1) is 17.3. The van der Waals surface area contributed by atoms with Crippen LogP contribution in [0, 0.1) is 17.0 Å². The summed E-state index contributed by atoms with van der Waals surface area (Å²) in [4.78, 5) is 34.8. The highest BCUT2D eigenvalue weighted by Crippen LogP contribution is 2.22. The summed E-state index contributed by atoms with van der Waals surface area (Å²) in [5.74, 6) is -0.623. The molecule has 0 radical (unpaired) electrons. The lowest BCUT2D eigenvalue weighted by atomic mass is 10.2. The second-order valence-electron chi connectivity index (χ2n) is 5.02. The van der Waals surface area contributed by atoms with Gasteiger partial charge in [0.25, 0.3) is 11.6 Å². The summed E-state index contributed by atoms with van der Waals surface area (Å²) >= 11 is 0. The van der Waals surface area contributed by atoms with Gasteiger partial charge in [0.15, 0.2) is 5.69 Å². The molecule has 0 unspecified atom stereocenters. The highest BCUT2D eigenvalue weighted by atomic mass is 16.6. The Labute approximate surface area is 137 Å². The molecule has 9 nitrogen and oxygen atoms in total. The van der Waals surface area contributed by atoms with Gasteiger partial charge >= 0.3 is 0 Å². The van der Waals surface area contributed by atoms with Crippen molar-refractivity contribution >= 4 is 11.6 Å². The van der Waals surface area contributed by atoms with Crippen molar-refractivity contribution in [1.82, 2.24) is 20.4 Å². The van der Waals surface area contributed by atoms with E-state index < -0.39 is 16.3 Å². The normalized spacial score (nSPS) is 10.4. The summed E-state index contributed by atoms with van der Waals surface area (Å²) in [6.45, 7) is 2.46. The molecule has 0 saturated carbocycles. The molecule has 1 aromatic carbocycles. The third-order valence-corrected chi connectivity index (χ3v) is 3.29. The zero-order chi connectivity index (χ0) is 17.7. The number of carbonyl (C=O) groups is 1. The summed E-state index contributed by atoms with van der Waals surface area (Å²) < 4.78 is 1.23. The summed E-state index contributed by atoms with van der Waals surface area (Å²) in [6, 6.07) is 7.22. The van der Waals surface area contributed by atoms with Crippen LogP contribution in [0.25, 0.3) is 5.69 Å². The largest absolute Gasteiger partial charge is 0.349 e. The van der Waals surface area contributed by atoms with Crippen LogP contribution >= 0.6 is 0 Å². The highest BCUT2D eigenvalue weighted by molar-refractivity contribution is 5.92. The van der Waals surface area contributed by atoms with Gasteiger partial charge in [-0.3, -0.25) is 19.7 Å². The fourth-order valence-electron chi connectivity index (χ4n) is 2.13. The monoisotopic (exact) mass is 331 g/mol. The molecule has 9 heteroatoms. The number of benzene rings is 1. The number of likely N-dealkylation sites (N-methyl/N-ethyl adjacent to an activating group) is 1. The van der Waals surface area contributed by atoms with Crippen LogP contribution in [-0.2, 0) is 0 Å². The number of nitrogens with zero attached hydrogens (tertiary/aromatic N) is 3. The predicted octanol–water partition coefficient (Wildman–Crippen LogP) is 0.398. The molecule has 24 heavy (non-hydrogen) atoms. The molecular formula is C15H17N5O4. The van der Waals surface area contributed by atoms with Gasteiger partial charge in [-0.2, -0.15) is 5.10 Å². The van der Waals surface area contributed by atoms with E-state index in [0.717, 1.165) is 0 Å². The van der Waals surface area contributed by atoms with E-state index in [2.05, 4.69) is 15.7 Å². The molecular weight excluding hydrogens is 314 g/mol. The quantitative estimate of drug-likeness (QED) is 0.449. The van der Waals surface area contributed by atoms with Gasteiger partial charge in [-0.1, -0.05) is 12.1 Å². The van der Waals surface area contributed by atoms with Gasteiger partial charge in [-0.05, 0) is 20.0 Å². The second kappa shape index (κ2) is 7.47. The third kappa shape index (κ3) is 3.63. The number of aromatic nitrogens is 2. The van der Waals surface area contributed by atoms with Crippen LogP contribution in [0.5, 0.6) is 0 Å². The van der Waals surface area contributed by atoms with Gasteiger partial charge in [0.1, 0.15) is 5.69 Å². The molecule has 126 valence electrons. The van der Waals surface area contributed by atoms with Crippen molar-refractivity contribution in [3.8, 4) is 5.69 Å². The van der Waals surface area contributed by atoms with Crippen molar-refractivity contribution in [2.24, 2.45) is 0 Å². The lowest BCUT2D eigenvalue weighted by Gasteiger charge is -2.11. The number of carbonyl (C=O) groups excluding carboxylic acids is 1. The zero-order valence-corrected chi connectivity index (χ0v) is 13.3. The molecule has 1 amide bonds. The average Bonchev–Trinajstić information content (AvgIpc) is 2.55. The molecule has 2 rings (SSSR count). The van der Waals surface area contributed by atoms with Crippen LogP contribution < -0.4 is 16.1 Å². The Morgan fingerprint density at radius 3 is 2.71 bits per heavy atom. The number of para-hydroxylation sites is 2. The minimum atomic E-state index is -0.623. The predicted molar refractivity (Wildman–Crippen MR) is 87.5 cm³/mol. The molecule has 0 spiro atoms. The molecule has 0 atom stereocenters. The molecule has 0 aliphatic rings. The van der Waals surface area contributed by atoms with E-state index in [-0.39, 0.29) is 17.1 Å². The Hall–Kier alpha value is -3.07. The smallest absolute Gasteiger partial charge is 0.294 e. The maximum Gasteiger partial charge on any atom is 0.294 e. The minimum Gasteiger partial charge on any atom is -0.349 e. The van der Waals surface area contributed by atoms with Crippen molar-refractivity contribution in [2.75, 3.05) is 20.1 Å². The van der Waals surface area contributed by atoms with E-state index in [1.165, 1.54) is 28.9 Å². The van der Waals surface area contributed by atoms with Gasteiger partial charge in [0.2, 0.25) is 5.43 Å². The average molecular weight is 331 g/mol. The second-order valence-corrected chi connectivity index (χ2v) is 5.02. The van der Waals surface area contributed by atoms with Gasteiger partial charge in [0.05, 0.1) is 4.92 Å². The number of hydrogen-bond donors (Lipinski definition) is 2. The Kier molecular flexibility index (Phi) is 5.38. The van der Waals surface area contributed by atoms with E-state index in [0.29, 0.717) is 18.8 Å². The number of aryl methyl sites for hydroxylation is 1. The minimum absolute atomic E-state index is 0.168. The third-order valence-electron chi connectivity index (χ3n) is 3.29. The molecule has 2 N–H and O–H groups in total. The molecule has 0 aliphatic carbocycles. The Bertz CT molecular complexity index is 831. The first-order valence-corrected chi connectivity index (χ1v) is 7.23. The van der Waals surface area contributed by atoms with Crippen LogP contribution in [0.15, 0.2) is 35.1 Å². The molecule has 1 heterocycles. The Morgan fingerprint density at radius 2 is 2.04 bits per heavy atom. The first-order chi connectivity index (χ1) is 11.5. The van der Waals surface area contributed by atoms with Crippen LogP contribution in [0.2, 0.25) is 0 Å². The maximum atomic E-state index is 12.1. The summed E-state index contributed by atoms with van der Waals surface area (Å²) in [5, 5.41) is 20.6. The van der Waals surface area contributed by atoms with Crippen LogP contribution in [0.1, 0.15) is 16.2 Å². The topological polar surface area (TPSA) is 119 Å². The molecule has 0 bridgehead atoms. The molecule has 0 fully saturated rings. The number of amides is 1. The molecule has 1 aromatic heterocycles. The molecule has 0 aliphatic heterocycles. The van der Waals surface area contributed by atoms with Gasteiger partial charge in [-0.15, -0.1) is 0 Å². The van der Waals surface area contributed by atoms with E-state index in [1.54, 1.807) is 20.0 Å². The van der Waals surface area contributed by atoms with E-state index in [9.17, 15) is 19.7 Å². The number of rotatable bonds is 6. The number of nitrogens with one attached hydrogen (secondary N) is 2. The highest BCUT2D eigenvalue weighted by Gasteiger charge is 2.19. The lowest BCUT2D eigenvalue weighted by molar-refractivity contribution is -0.384. The number of nitro benzene ring substituents is 1. The van der Waals surface area contributed by atoms with Crippen molar-refractivity contribution in [1.29, 1.82) is 0 Å². The Balaban J connectivity index is 2.50. The fourth-order valence-corrected chi connectivity index (χ4v) is 2.13. The van der Waals surface area contributed by atoms with Gasteiger partial charge in [-0.25, -0.2) is 4.68 Å². The van der Waals surface area contributed by atoms with Gasteiger partial charge < -0.3 is 10.6 Å². The first-order valence-electron chi connectivity index (χ1n) is 7.23. The van der Waals surface area contributed by atoms with Crippen molar-refractivity contribution in [3.63, 3.8) is 0 Å². The van der Waals surface area contributed by atoms with Crippen LogP contribution in [0.3, 0.4) is 0 Å². The van der Waals surface area contributed by atoms with Gasteiger partial charge in [0, 0.05) is 30.9 Å². The fraction of sp³-hybridized carbons (Fsp3) is 0.267. The maximum absolute atomic E-state index is 12.1. The van der Waals surface area contributed by atoms with E-state index in [4.69, 9.17) is 0 Å². The van der Waals surface area contributed by atoms with E-state index >= 15 is 0 Å². The lowest BCUT2D eigenvalue weighted by Crippen LogP contribution is -2.35. The van der Waals surface area contributed by atoms with Crippen molar-refractivity contribution < 1.29 is 9.72 Å². The van der Waals surface area contributed by atoms with Crippen molar-refractivity contribution in [2.45, 2.75) is 6.92 Å². The standard InChI is InChI=1S/C15H17N5O4/c1-10-9-13(21)14(15(22)17-8-7-16-2)18-19(10)11-5-3-4-6-12(11)20(23)24/h3-6,9,16H,7-8H2,1-2H3,(H,17,22). The number of hydrogen-bond acceptors (Lipinski definition) is 6. The Morgan fingerprint density at radius 1 is 1.33 bits per heavy atom. The summed E-state index contributed by atoms with van der Waals surface area (Å²) in [5.41, 5.74) is -0.442. The zero-order valence-electron chi connectivity index (χ0n) is 13.3. The molecule has 0 saturated heterocycles. The SMILES string of the molecule is CNCCNC(=O)c1nn(-c2ccccc2[N+](=O)[O-])c(C)cc1=O. The van der Waals surface area contributed by atoms with Crippen LogP contribution in [0.4, 0.5) is 5.69 Å². The van der Waals surface area contributed by atoms with Crippen LogP contribution in [-0.4, -0.2) is 40.7 Å². The van der Waals surface area contributed by atoms with Crippen molar-refractivity contribution in [3.05, 3.63) is 62.1 Å². The van der Waals surface area contributed by atoms with E-state index in [1.807, 2.05) is 0 Å². The summed E-state index contributed by atoms with van der Waals surface area (Å²) in [7, 11) is 1.73. The molecule has 2 aromatic rings. The number of nitro groups is 1. The summed E-state index contributed by atoms with van der Waals surface area (Å²) in [6.07, 6.45) is 0.